The number of thiophene rings is 1. The lowest BCUT2D eigenvalue weighted by molar-refractivity contribution is 0.104. The first-order chi connectivity index (χ1) is 12.5. The van der Waals surface area contributed by atoms with Crippen molar-refractivity contribution in [2.45, 2.75) is 0 Å². The summed E-state index contributed by atoms with van der Waals surface area (Å²) in [6.07, 6.45) is 3.45. The van der Waals surface area contributed by atoms with E-state index in [1.165, 1.54) is 11.3 Å². The number of hydrogen-bond donors (Lipinski definition) is 1. The number of carbonyl (C=O) groups is 1. The average molecular weight is 400 g/mol. The van der Waals surface area contributed by atoms with Gasteiger partial charge in [-0.15, -0.1) is 11.3 Å². The molecule has 4 aromatic rings. The number of rotatable bonds is 3. The van der Waals surface area contributed by atoms with E-state index in [1.807, 2.05) is 24.3 Å². The number of aromatic nitrogens is 2. The molecule has 0 aliphatic rings. The molecule has 0 fully saturated rings. The van der Waals surface area contributed by atoms with Gasteiger partial charge >= 0.3 is 0 Å². The van der Waals surface area contributed by atoms with Crippen LogP contribution < -0.4 is 5.73 Å². The molecule has 0 radical (unpaired) electrons. The minimum Gasteiger partial charge on any atom is -0.397 e. The molecule has 4 rings (SSSR count). The van der Waals surface area contributed by atoms with Crippen LogP contribution in [0, 0.1) is 0 Å². The Morgan fingerprint density at radius 1 is 1.12 bits per heavy atom. The third kappa shape index (κ3) is 2.94. The molecule has 7 heteroatoms. The Hall–Kier alpha value is -2.47. The van der Waals surface area contributed by atoms with Crippen LogP contribution >= 0.6 is 34.5 Å². The fourth-order valence-electron chi connectivity index (χ4n) is 2.64. The molecule has 3 aromatic heterocycles. The van der Waals surface area contributed by atoms with E-state index >= 15 is 0 Å². The number of nitrogen functional groups attached to an aromatic ring is 1. The van der Waals surface area contributed by atoms with Crippen molar-refractivity contribution in [3.63, 3.8) is 0 Å². The van der Waals surface area contributed by atoms with Crippen LogP contribution in [0.3, 0.4) is 0 Å². The van der Waals surface area contributed by atoms with Gasteiger partial charge in [0.25, 0.3) is 0 Å². The summed E-state index contributed by atoms with van der Waals surface area (Å²) in [5, 5.41) is 1.51. The Morgan fingerprint density at radius 2 is 1.96 bits per heavy atom. The molecular formula is C19H11Cl2N3OS. The summed E-state index contributed by atoms with van der Waals surface area (Å²) in [4.78, 5) is 22.7. The Morgan fingerprint density at radius 3 is 2.69 bits per heavy atom. The highest BCUT2D eigenvalue weighted by molar-refractivity contribution is 7.21. The molecule has 1 aromatic carbocycles. The van der Waals surface area contributed by atoms with E-state index in [0.717, 1.165) is 16.6 Å². The molecular weight excluding hydrogens is 389 g/mol. The van der Waals surface area contributed by atoms with Crippen molar-refractivity contribution in [1.29, 1.82) is 0 Å². The predicted molar refractivity (Wildman–Crippen MR) is 107 cm³/mol. The molecule has 0 amide bonds. The van der Waals surface area contributed by atoms with E-state index in [-0.39, 0.29) is 5.78 Å². The van der Waals surface area contributed by atoms with E-state index < -0.39 is 0 Å². The first kappa shape index (κ1) is 17.0. The highest BCUT2D eigenvalue weighted by Crippen LogP contribution is 2.36. The second kappa shape index (κ2) is 6.68. The van der Waals surface area contributed by atoms with Gasteiger partial charge in [-0.3, -0.25) is 9.78 Å². The maximum Gasteiger partial charge on any atom is 0.206 e. The molecule has 3 heterocycles. The molecule has 0 aliphatic carbocycles. The second-order valence-corrected chi connectivity index (χ2v) is 7.43. The number of halogens is 2. The van der Waals surface area contributed by atoms with Crippen molar-refractivity contribution in [2.24, 2.45) is 0 Å². The van der Waals surface area contributed by atoms with Gasteiger partial charge in [0.1, 0.15) is 9.71 Å². The number of pyridine rings is 2. The largest absolute Gasteiger partial charge is 0.397 e. The Balaban J connectivity index is 1.81. The smallest absolute Gasteiger partial charge is 0.206 e. The average Bonchev–Trinajstić information content (AvgIpc) is 2.98. The van der Waals surface area contributed by atoms with Crippen molar-refractivity contribution < 1.29 is 4.79 Å². The highest BCUT2D eigenvalue weighted by atomic mass is 35.5. The summed E-state index contributed by atoms with van der Waals surface area (Å²) < 4.78 is 0. The highest BCUT2D eigenvalue weighted by Gasteiger charge is 2.21. The third-order valence-corrected chi connectivity index (χ3v) is 5.59. The van der Waals surface area contributed by atoms with Crippen LogP contribution in [0.5, 0.6) is 0 Å². The molecule has 0 unspecified atom stereocenters. The van der Waals surface area contributed by atoms with Gasteiger partial charge in [0.2, 0.25) is 5.78 Å². The number of hydrogen-bond acceptors (Lipinski definition) is 5. The number of anilines is 1. The zero-order valence-electron chi connectivity index (χ0n) is 13.2. The van der Waals surface area contributed by atoms with Crippen molar-refractivity contribution in [3.05, 3.63) is 75.3 Å². The molecule has 0 atom stereocenters. The lowest BCUT2D eigenvalue weighted by atomic mass is 10.1. The molecule has 0 saturated heterocycles. The van der Waals surface area contributed by atoms with Crippen LogP contribution in [-0.4, -0.2) is 15.8 Å². The van der Waals surface area contributed by atoms with Gasteiger partial charge in [0.15, 0.2) is 0 Å². The van der Waals surface area contributed by atoms with Crippen molar-refractivity contribution in [1.82, 2.24) is 9.97 Å². The lowest BCUT2D eigenvalue weighted by Crippen LogP contribution is -2.02. The monoisotopic (exact) mass is 399 g/mol. The zero-order valence-corrected chi connectivity index (χ0v) is 15.6. The van der Waals surface area contributed by atoms with Gasteiger partial charge in [-0.25, -0.2) is 4.98 Å². The Kier molecular flexibility index (Phi) is 4.36. The van der Waals surface area contributed by atoms with E-state index in [1.54, 1.807) is 30.6 Å². The van der Waals surface area contributed by atoms with E-state index in [9.17, 15) is 4.79 Å². The minimum absolute atomic E-state index is 0.241. The molecule has 4 nitrogen and oxygen atoms in total. The molecule has 0 bridgehead atoms. The summed E-state index contributed by atoms with van der Waals surface area (Å²) in [5.41, 5.74) is 8.66. The van der Waals surface area contributed by atoms with Crippen molar-refractivity contribution in [3.8, 4) is 11.3 Å². The molecule has 128 valence electrons. The standard InChI is InChI=1S/C19H11Cl2N3OS/c20-11-3-4-12(14(21)8-11)17(25)18-16(22)13-5-6-15(24-19(13)26-18)10-2-1-7-23-9-10/h1-9H,22H2. The fourth-order valence-corrected chi connectivity index (χ4v) is 4.18. The number of fused-ring (bicyclic) bond motifs is 1. The van der Waals surface area contributed by atoms with Crippen LogP contribution in [0.15, 0.2) is 54.9 Å². The zero-order chi connectivity index (χ0) is 18.3. The van der Waals surface area contributed by atoms with Gasteiger partial charge in [-0.1, -0.05) is 23.2 Å². The summed E-state index contributed by atoms with van der Waals surface area (Å²) in [5.74, 6) is -0.241. The van der Waals surface area contributed by atoms with Crippen LogP contribution in [-0.2, 0) is 0 Å². The van der Waals surface area contributed by atoms with Gasteiger partial charge < -0.3 is 5.73 Å². The third-order valence-electron chi connectivity index (χ3n) is 3.93. The first-order valence-electron chi connectivity index (χ1n) is 7.64. The summed E-state index contributed by atoms with van der Waals surface area (Å²) in [6.45, 7) is 0. The maximum atomic E-state index is 12.9. The van der Waals surface area contributed by atoms with Crippen LogP contribution in [0.4, 0.5) is 5.69 Å². The van der Waals surface area contributed by atoms with Gasteiger partial charge in [-0.05, 0) is 42.5 Å². The van der Waals surface area contributed by atoms with Crippen molar-refractivity contribution in [2.75, 3.05) is 5.73 Å². The molecule has 0 aliphatic heterocycles. The summed E-state index contributed by atoms with van der Waals surface area (Å²) >= 11 is 13.3. The number of nitrogens with zero attached hydrogens (tertiary/aromatic N) is 2. The van der Waals surface area contributed by atoms with Crippen molar-refractivity contribution >= 4 is 56.2 Å². The van der Waals surface area contributed by atoms with E-state index in [0.29, 0.717) is 31.0 Å². The molecule has 26 heavy (non-hydrogen) atoms. The number of ketones is 1. The fraction of sp³-hybridized carbons (Fsp3) is 0. The second-order valence-electron chi connectivity index (χ2n) is 5.59. The summed E-state index contributed by atoms with van der Waals surface area (Å²) in [6, 6.07) is 12.3. The SMILES string of the molecule is Nc1c(C(=O)c2ccc(Cl)cc2Cl)sc2nc(-c3cccnc3)ccc12. The minimum atomic E-state index is -0.241. The predicted octanol–water partition coefficient (Wildman–Crippen LogP) is 5.48. The van der Waals surface area contributed by atoms with Crippen LogP contribution in [0.25, 0.3) is 21.5 Å². The van der Waals surface area contributed by atoms with E-state index in [4.69, 9.17) is 28.9 Å². The normalized spacial score (nSPS) is 11.0. The van der Waals surface area contributed by atoms with Crippen LogP contribution in [0.2, 0.25) is 10.0 Å². The number of nitrogens with two attached hydrogens (primary N) is 1. The topological polar surface area (TPSA) is 68.9 Å². The molecule has 2 N–H and O–H groups in total. The van der Waals surface area contributed by atoms with Gasteiger partial charge in [0, 0.05) is 33.9 Å². The van der Waals surface area contributed by atoms with E-state index in [2.05, 4.69) is 9.97 Å². The molecule has 0 spiro atoms. The lowest BCUT2D eigenvalue weighted by Gasteiger charge is -2.03. The number of benzene rings is 1. The Labute approximate surface area is 163 Å². The Bertz CT molecular complexity index is 1140. The molecule has 0 saturated carbocycles. The summed E-state index contributed by atoms with van der Waals surface area (Å²) in [7, 11) is 0. The van der Waals surface area contributed by atoms with Crippen LogP contribution in [0.1, 0.15) is 15.2 Å². The first-order valence-corrected chi connectivity index (χ1v) is 9.21. The quantitative estimate of drug-likeness (QED) is 0.463. The maximum absolute atomic E-state index is 12.9. The number of carbonyl (C=O) groups excluding carboxylic acids is 1. The van der Waals surface area contributed by atoms with Gasteiger partial charge in [0.05, 0.1) is 16.4 Å². The van der Waals surface area contributed by atoms with Gasteiger partial charge in [-0.2, -0.15) is 0 Å².